The van der Waals surface area contributed by atoms with Crippen LogP contribution >= 0.6 is 0 Å². The standard InChI is InChI=1S/C29H24N2O2/c1-32-25-17-13-23(14-18-25)29-30-27(21-9-5-3-6-10-21)28(22-11-7-4-8-12-22)31(29)24-15-19-26(33-2)20-16-24/h3-20H,1-2H3. The van der Waals surface area contributed by atoms with Crippen LogP contribution in [0.3, 0.4) is 0 Å². The van der Waals surface area contributed by atoms with Crippen LogP contribution in [0.2, 0.25) is 0 Å². The predicted molar refractivity (Wildman–Crippen MR) is 133 cm³/mol. The third-order valence-corrected chi connectivity index (χ3v) is 5.65. The second-order valence-electron chi connectivity index (χ2n) is 7.63. The first-order valence-electron chi connectivity index (χ1n) is 10.8. The van der Waals surface area contributed by atoms with Gasteiger partial charge in [0.25, 0.3) is 0 Å². The van der Waals surface area contributed by atoms with Gasteiger partial charge in [0.2, 0.25) is 0 Å². The highest BCUT2D eigenvalue weighted by Crippen LogP contribution is 2.39. The number of methoxy groups -OCH3 is 2. The van der Waals surface area contributed by atoms with Gasteiger partial charge in [-0.15, -0.1) is 0 Å². The number of nitrogens with zero attached hydrogens (tertiary/aromatic N) is 2. The minimum Gasteiger partial charge on any atom is -0.497 e. The Morgan fingerprint density at radius 3 is 1.61 bits per heavy atom. The van der Waals surface area contributed by atoms with E-state index in [1.807, 2.05) is 60.7 Å². The first-order valence-corrected chi connectivity index (χ1v) is 10.8. The zero-order valence-electron chi connectivity index (χ0n) is 18.6. The van der Waals surface area contributed by atoms with Crippen LogP contribution in [0.4, 0.5) is 0 Å². The molecule has 4 heteroatoms. The Morgan fingerprint density at radius 1 is 0.545 bits per heavy atom. The number of aromatic nitrogens is 2. The smallest absolute Gasteiger partial charge is 0.145 e. The fourth-order valence-corrected chi connectivity index (χ4v) is 4.00. The predicted octanol–water partition coefficient (Wildman–Crippen LogP) is 6.89. The molecule has 162 valence electrons. The Kier molecular flexibility index (Phi) is 5.64. The molecule has 0 saturated carbocycles. The molecule has 0 spiro atoms. The van der Waals surface area contributed by atoms with Crippen LogP contribution in [0, 0.1) is 0 Å². The van der Waals surface area contributed by atoms with E-state index in [0.29, 0.717) is 0 Å². The zero-order valence-corrected chi connectivity index (χ0v) is 18.6. The molecule has 0 N–H and O–H groups in total. The fraction of sp³-hybridized carbons (Fsp3) is 0.0690. The van der Waals surface area contributed by atoms with Crippen molar-refractivity contribution in [1.82, 2.24) is 9.55 Å². The Hall–Kier alpha value is -4.31. The first-order chi connectivity index (χ1) is 16.3. The van der Waals surface area contributed by atoms with E-state index in [0.717, 1.165) is 51.1 Å². The molecule has 5 aromatic rings. The lowest BCUT2D eigenvalue weighted by atomic mass is 10.0. The number of ether oxygens (including phenoxy) is 2. The van der Waals surface area contributed by atoms with E-state index in [9.17, 15) is 0 Å². The van der Waals surface area contributed by atoms with Crippen molar-refractivity contribution in [3.8, 4) is 51.1 Å². The molecule has 0 atom stereocenters. The molecule has 0 unspecified atom stereocenters. The topological polar surface area (TPSA) is 36.3 Å². The quantitative estimate of drug-likeness (QED) is 0.293. The normalized spacial score (nSPS) is 10.7. The molecule has 0 fully saturated rings. The fourth-order valence-electron chi connectivity index (χ4n) is 4.00. The van der Waals surface area contributed by atoms with Gasteiger partial charge in [-0.05, 0) is 48.5 Å². The lowest BCUT2D eigenvalue weighted by Crippen LogP contribution is -2.00. The highest BCUT2D eigenvalue weighted by Gasteiger charge is 2.22. The molecule has 0 amide bonds. The van der Waals surface area contributed by atoms with Crippen LogP contribution in [0.5, 0.6) is 11.5 Å². The van der Waals surface area contributed by atoms with Crippen LogP contribution in [0.15, 0.2) is 109 Å². The third-order valence-electron chi connectivity index (χ3n) is 5.65. The Labute approximate surface area is 193 Å². The molecule has 0 saturated heterocycles. The SMILES string of the molecule is COc1ccc(-c2nc(-c3ccccc3)c(-c3ccccc3)n2-c2ccc(OC)cc2)cc1. The zero-order chi connectivity index (χ0) is 22.6. The van der Waals surface area contributed by atoms with Crippen molar-refractivity contribution in [2.45, 2.75) is 0 Å². The number of benzene rings is 4. The molecular formula is C29H24N2O2. The largest absolute Gasteiger partial charge is 0.497 e. The van der Waals surface area contributed by atoms with Gasteiger partial charge in [-0.3, -0.25) is 4.57 Å². The van der Waals surface area contributed by atoms with Crippen molar-refractivity contribution < 1.29 is 9.47 Å². The van der Waals surface area contributed by atoms with Gasteiger partial charge in [0.1, 0.15) is 17.3 Å². The van der Waals surface area contributed by atoms with Crippen molar-refractivity contribution in [2.24, 2.45) is 0 Å². The van der Waals surface area contributed by atoms with Crippen LogP contribution in [-0.4, -0.2) is 23.8 Å². The maximum atomic E-state index is 5.40. The average molecular weight is 433 g/mol. The van der Waals surface area contributed by atoms with Crippen LogP contribution in [-0.2, 0) is 0 Å². The summed E-state index contributed by atoms with van der Waals surface area (Å²) in [6.07, 6.45) is 0. The summed E-state index contributed by atoms with van der Waals surface area (Å²) in [6.45, 7) is 0. The van der Waals surface area contributed by atoms with E-state index in [4.69, 9.17) is 14.5 Å². The number of hydrogen-bond donors (Lipinski definition) is 0. The van der Waals surface area contributed by atoms with Gasteiger partial charge in [0.15, 0.2) is 0 Å². The van der Waals surface area contributed by atoms with Crippen molar-refractivity contribution in [3.63, 3.8) is 0 Å². The minimum absolute atomic E-state index is 0.813. The Morgan fingerprint density at radius 2 is 1.06 bits per heavy atom. The van der Waals surface area contributed by atoms with E-state index in [1.165, 1.54) is 0 Å². The molecule has 4 nitrogen and oxygen atoms in total. The molecule has 0 radical (unpaired) electrons. The summed E-state index contributed by atoms with van der Waals surface area (Å²) in [5.41, 5.74) is 6.15. The van der Waals surface area contributed by atoms with Crippen molar-refractivity contribution in [1.29, 1.82) is 0 Å². The third kappa shape index (κ3) is 3.99. The number of rotatable bonds is 6. The number of hydrogen-bond acceptors (Lipinski definition) is 3. The molecule has 0 aliphatic heterocycles. The molecule has 1 aromatic heterocycles. The molecule has 4 aromatic carbocycles. The highest BCUT2D eigenvalue weighted by atomic mass is 16.5. The Bertz CT molecular complexity index is 1340. The van der Waals surface area contributed by atoms with Crippen LogP contribution < -0.4 is 9.47 Å². The van der Waals surface area contributed by atoms with Gasteiger partial charge in [-0.2, -0.15) is 0 Å². The van der Waals surface area contributed by atoms with Crippen LogP contribution in [0.1, 0.15) is 0 Å². The average Bonchev–Trinajstić information content (AvgIpc) is 3.30. The molecular weight excluding hydrogens is 408 g/mol. The van der Waals surface area contributed by atoms with Gasteiger partial charge >= 0.3 is 0 Å². The summed E-state index contributed by atoms with van der Waals surface area (Å²) in [5.74, 6) is 2.49. The molecule has 0 aliphatic carbocycles. The molecule has 5 rings (SSSR count). The van der Waals surface area contributed by atoms with Crippen LogP contribution in [0.25, 0.3) is 39.6 Å². The van der Waals surface area contributed by atoms with Gasteiger partial charge in [0, 0.05) is 22.4 Å². The van der Waals surface area contributed by atoms with E-state index in [1.54, 1.807) is 14.2 Å². The summed E-state index contributed by atoms with van der Waals surface area (Å²) < 4.78 is 13.0. The summed E-state index contributed by atoms with van der Waals surface area (Å²) in [6, 6.07) is 36.8. The molecule has 1 heterocycles. The molecule has 0 bridgehead atoms. The monoisotopic (exact) mass is 432 g/mol. The first kappa shape index (κ1) is 20.6. The van der Waals surface area contributed by atoms with Crippen molar-refractivity contribution in [2.75, 3.05) is 14.2 Å². The van der Waals surface area contributed by atoms with Crippen molar-refractivity contribution >= 4 is 0 Å². The maximum absolute atomic E-state index is 5.40. The second-order valence-corrected chi connectivity index (χ2v) is 7.63. The molecule has 0 aliphatic rings. The van der Waals surface area contributed by atoms with Crippen molar-refractivity contribution in [3.05, 3.63) is 109 Å². The second kappa shape index (κ2) is 9.05. The molecule has 33 heavy (non-hydrogen) atoms. The van der Waals surface area contributed by atoms with E-state index in [2.05, 4.69) is 53.1 Å². The maximum Gasteiger partial charge on any atom is 0.145 e. The van der Waals surface area contributed by atoms with E-state index < -0.39 is 0 Å². The van der Waals surface area contributed by atoms with Gasteiger partial charge < -0.3 is 9.47 Å². The van der Waals surface area contributed by atoms with Gasteiger partial charge in [-0.1, -0.05) is 60.7 Å². The number of imidazole rings is 1. The Balaban J connectivity index is 1.83. The van der Waals surface area contributed by atoms with E-state index >= 15 is 0 Å². The summed E-state index contributed by atoms with van der Waals surface area (Å²) in [7, 11) is 3.35. The highest BCUT2D eigenvalue weighted by molar-refractivity contribution is 5.84. The lowest BCUT2D eigenvalue weighted by Gasteiger charge is -2.14. The van der Waals surface area contributed by atoms with E-state index in [-0.39, 0.29) is 0 Å². The minimum atomic E-state index is 0.813. The van der Waals surface area contributed by atoms with Gasteiger partial charge in [-0.25, -0.2) is 4.98 Å². The summed E-state index contributed by atoms with van der Waals surface area (Å²) >= 11 is 0. The summed E-state index contributed by atoms with van der Waals surface area (Å²) in [5, 5.41) is 0. The van der Waals surface area contributed by atoms with Gasteiger partial charge in [0.05, 0.1) is 25.6 Å². The lowest BCUT2D eigenvalue weighted by molar-refractivity contribution is 0.414. The summed E-state index contributed by atoms with van der Waals surface area (Å²) in [4.78, 5) is 5.19.